The van der Waals surface area contributed by atoms with Gasteiger partial charge in [0.15, 0.2) is 0 Å². The van der Waals surface area contributed by atoms with Crippen molar-refractivity contribution in [3.05, 3.63) is 23.9 Å². The lowest BCUT2D eigenvalue weighted by Crippen LogP contribution is -2.50. The van der Waals surface area contributed by atoms with Crippen LogP contribution in [0.15, 0.2) is 18.3 Å². The molecule has 2 amide bonds. The third-order valence-electron chi connectivity index (χ3n) is 4.79. The minimum absolute atomic E-state index is 0.0294. The SMILES string of the molecule is CC(C)(C)C(=O)N1CCC2(CC1)CC(=O)Nc1ncccc12. The average molecular weight is 301 g/mol. The molecule has 0 aliphatic carbocycles. The van der Waals surface area contributed by atoms with Gasteiger partial charge in [0.25, 0.3) is 0 Å². The third-order valence-corrected chi connectivity index (χ3v) is 4.79. The molecule has 0 saturated carbocycles. The van der Waals surface area contributed by atoms with Gasteiger partial charge in [-0.15, -0.1) is 0 Å². The van der Waals surface area contributed by atoms with Gasteiger partial charge in [0, 0.05) is 42.1 Å². The van der Waals surface area contributed by atoms with E-state index in [9.17, 15) is 9.59 Å². The van der Waals surface area contributed by atoms with Crippen LogP contribution in [0.1, 0.15) is 45.6 Å². The maximum absolute atomic E-state index is 12.4. The van der Waals surface area contributed by atoms with Crippen molar-refractivity contribution in [2.24, 2.45) is 5.41 Å². The first-order valence-corrected chi connectivity index (χ1v) is 7.87. The fourth-order valence-corrected chi connectivity index (χ4v) is 3.57. The summed E-state index contributed by atoms with van der Waals surface area (Å²) < 4.78 is 0. The van der Waals surface area contributed by atoms with E-state index in [4.69, 9.17) is 0 Å². The van der Waals surface area contributed by atoms with Gasteiger partial charge in [-0.3, -0.25) is 9.59 Å². The van der Waals surface area contributed by atoms with Crippen molar-refractivity contribution in [1.29, 1.82) is 0 Å². The first kappa shape index (κ1) is 15.0. The zero-order valence-corrected chi connectivity index (χ0v) is 13.5. The second-order valence-electron chi connectivity index (χ2n) is 7.45. The Labute approximate surface area is 131 Å². The molecule has 5 nitrogen and oxygen atoms in total. The van der Waals surface area contributed by atoms with E-state index in [0.29, 0.717) is 25.3 Å². The summed E-state index contributed by atoms with van der Waals surface area (Å²) in [7, 11) is 0. The van der Waals surface area contributed by atoms with E-state index in [-0.39, 0.29) is 22.6 Å². The molecule has 0 bridgehead atoms. The molecule has 1 aromatic rings. The molecule has 1 aromatic heterocycles. The van der Waals surface area contributed by atoms with Gasteiger partial charge in [-0.1, -0.05) is 26.8 Å². The molecule has 3 rings (SSSR count). The number of carbonyl (C=O) groups excluding carboxylic acids is 2. The number of anilines is 1. The van der Waals surface area contributed by atoms with Crippen LogP contribution in [0.5, 0.6) is 0 Å². The van der Waals surface area contributed by atoms with E-state index in [1.54, 1.807) is 6.20 Å². The summed E-state index contributed by atoms with van der Waals surface area (Å²) >= 11 is 0. The first-order valence-electron chi connectivity index (χ1n) is 7.87. The van der Waals surface area contributed by atoms with Crippen LogP contribution in [-0.2, 0) is 15.0 Å². The molecule has 1 fully saturated rings. The standard InChI is InChI=1S/C17H23N3O2/c1-16(2,3)15(22)20-9-6-17(7-10-20)11-13(21)19-14-12(17)5-4-8-18-14/h4-5,8H,6-7,9-11H2,1-3H3,(H,18,19,21). The number of hydrogen-bond donors (Lipinski definition) is 1. The van der Waals surface area contributed by atoms with Gasteiger partial charge < -0.3 is 10.2 Å². The smallest absolute Gasteiger partial charge is 0.227 e. The molecular formula is C17H23N3O2. The molecule has 0 radical (unpaired) electrons. The zero-order valence-electron chi connectivity index (χ0n) is 13.5. The van der Waals surface area contributed by atoms with Gasteiger partial charge in [-0.25, -0.2) is 4.98 Å². The van der Waals surface area contributed by atoms with Gasteiger partial charge in [0.2, 0.25) is 11.8 Å². The molecule has 22 heavy (non-hydrogen) atoms. The highest BCUT2D eigenvalue weighted by Gasteiger charge is 2.44. The number of nitrogens with one attached hydrogen (secondary N) is 1. The fraction of sp³-hybridized carbons (Fsp3) is 0.588. The Kier molecular flexibility index (Phi) is 3.46. The highest BCUT2D eigenvalue weighted by molar-refractivity contribution is 5.94. The second-order valence-corrected chi connectivity index (χ2v) is 7.45. The van der Waals surface area contributed by atoms with Crippen LogP contribution in [-0.4, -0.2) is 34.8 Å². The maximum atomic E-state index is 12.4. The normalized spacial score (nSPS) is 20.5. The van der Waals surface area contributed by atoms with Crippen molar-refractivity contribution in [1.82, 2.24) is 9.88 Å². The van der Waals surface area contributed by atoms with Crippen LogP contribution in [0.25, 0.3) is 0 Å². The summed E-state index contributed by atoms with van der Waals surface area (Å²) in [5, 5.41) is 2.86. The van der Waals surface area contributed by atoms with E-state index >= 15 is 0 Å². The topological polar surface area (TPSA) is 62.3 Å². The second kappa shape index (κ2) is 5.07. The summed E-state index contributed by atoms with van der Waals surface area (Å²) in [6.45, 7) is 7.27. The summed E-state index contributed by atoms with van der Waals surface area (Å²) in [4.78, 5) is 30.7. The summed E-state index contributed by atoms with van der Waals surface area (Å²) in [6.07, 6.45) is 3.83. The molecule has 2 aliphatic heterocycles. The lowest BCUT2D eigenvalue weighted by Gasteiger charge is -2.45. The van der Waals surface area contributed by atoms with E-state index in [2.05, 4.69) is 16.4 Å². The molecule has 1 spiro atoms. The van der Waals surface area contributed by atoms with Gasteiger partial charge in [-0.05, 0) is 18.9 Å². The van der Waals surface area contributed by atoms with Crippen molar-refractivity contribution in [2.45, 2.75) is 45.4 Å². The number of fused-ring (bicyclic) bond motifs is 2. The van der Waals surface area contributed by atoms with Crippen molar-refractivity contribution < 1.29 is 9.59 Å². The number of rotatable bonds is 0. The Hall–Kier alpha value is -1.91. The van der Waals surface area contributed by atoms with Crippen molar-refractivity contribution in [3.8, 4) is 0 Å². The van der Waals surface area contributed by atoms with Crippen molar-refractivity contribution in [2.75, 3.05) is 18.4 Å². The summed E-state index contributed by atoms with van der Waals surface area (Å²) in [6, 6.07) is 3.98. The quantitative estimate of drug-likeness (QED) is 0.800. The van der Waals surface area contributed by atoms with Crippen LogP contribution in [0.4, 0.5) is 5.82 Å². The highest BCUT2D eigenvalue weighted by atomic mass is 16.2. The Morgan fingerprint density at radius 1 is 1.32 bits per heavy atom. The number of hydrogen-bond acceptors (Lipinski definition) is 3. The molecule has 0 atom stereocenters. The molecule has 1 saturated heterocycles. The Balaban J connectivity index is 1.84. The number of likely N-dealkylation sites (tertiary alicyclic amines) is 1. The van der Waals surface area contributed by atoms with E-state index in [1.807, 2.05) is 31.7 Å². The Bertz CT molecular complexity index is 611. The maximum Gasteiger partial charge on any atom is 0.227 e. The largest absolute Gasteiger partial charge is 0.342 e. The van der Waals surface area contributed by atoms with Gasteiger partial charge in [0.05, 0.1) is 0 Å². The highest BCUT2D eigenvalue weighted by Crippen LogP contribution is 2.44. The molecule has 1 N–H and O–H groups in total. The first-order chi connectivity index (χ1) is 10.3. The van der Waals surface area contributed by atoms with E-state index in [0.717, 1.165) is 18.4 Å². The predicted octanol–water partition coefficient (Wildman–Crippen LogP) is 2.33. The van der Waals surface area contributed by atoms with Crippen LogP contribution >= 0.6 is 0 Å². The molecule has 0 unspecified atom stereocenters. The minimum Gasteiger partial charge on any atom is -0.342 e. The molecule has 0 aromatic carbocycles. The predicted molar refractivity (Wildman–Crippen MR) is 84.4 cm³/mol. The van der Waals surface area contributed by atoms with Crippen LogP contribution < -0.4 is 5.32 Å². The van der Waals surface area contributed by atoms with Crippen molar-refractivity contribution in [3.63, 3.8) is 0 Å². The molecule has 118 valence electrons. The van der Waals surface area contributed by atoms with Gasteiger partial charge >= 0.3 is 0 Å². The monoisotopic (exact) mass is 301 g/mol. The fourth-order valence-electron chi connectivity index (χ4n) is 3.57. The molecule has 2 aliphatic rings. The van der Waals surface area contributed by atoms with E-state index in [1.165, 1.54) is 0 Å². The Morgan fingerprint density at radius 2 is 2.00 bits per heavy atom. The van der Waals surface area contributed by atoms with Crippen molar-refractivity contribution >= 4 is 17.6 Å². The number of pyridine rings is 1. The van der Waals surface area contributed by atoms with Crippen LogP contribution in [0.2, 0.25) is 0 Å². The van der Waals surface area contributed by atoms with Gasteiger partial charge in [0.1, 0.15) is 5.82 Å². The summed E-state index contributed by atoms with van der Waals surface area (Å²) in [5.74, 6) is 0.908. The third kappa shape index (κ3) is 2.49. The lowest BCUT2D eigenvalue weighted by molar-refractivity contribution is -0.141. The lowest BCUT2D eigenvalue weighted by atomic mass is 9.68. The van der Waals surface area contributed by atoms with E-state index < -0.39 is 0 Å². The minimum atomic E-state index is -0.353. The summed E-state index contributed by atoms with van der Waals surface area (Å²) in [5.41, 5.74) is 0.603. The molecular weight excluding hydrogens is 278 g/mol. The number of piperidine rings is 1. The average Bonchev–Trinajstić information content (AvgIpc) is 2.46. The van der Waals surface area contributed by atoms with Crippen LogP contribution in [0, 0.1) is 5.41 Å². The number of nitrogens with zero attached hydrogens (tertiary/aromatic N) is 2. The number of carbonyl (C=O) groups is 2. The van der Waals surface area contributed by atoms with Gasteiger partial charge in [-0.2, -0.15) is 0 Å². The number of amides is 2. The Morgan fingerprint density at radius 3 is 2.64 bits per heavy atom. The molecule has 5 heteroatoms. The number of aromatic nitrogens is 1. The van der Waals surface area contributed by atoms with Crippen LogP contribution in [0.3, 0.4) is 0 Å². The zero-order chi connectivity index (χ0) is 16.0. The molecule has 3 heterocycles.